The summed E-state index contributed by atoms with van der Waals surface area (Å²) in [7, 11) is 0. The van der Waals surface area contributed by atoms with Crippen molar-refractivity contribution in [3.05, 3.63) is 5.92 Å². The molecule has 4 fully saturated rings. The van der Waals surface area contributed by atoms with Gasteiger partial charge in [-0.2, -0.15) is 13.3 Å². The van der Waals surface area contributed by atoms with E-state index in [9.17, 15) is 4.79 Å². The number of carbonyl (C=O) groups is 1. The summed E-state index contributed by atoms with van der Waals surface area (Å²) >= 11 is 0. The Morgan fingerprint density at radius 1 is 1.16 bits per heavy atom. The van der Waals surface area contributed by atoms with E-state index in [0.717, 1.165) is 24.2 Å². The molecule has 0 spiro atoms. The van der Waals surface area contributed by atoms with E-state index in [1.165, 1.54) is 32.1 Å². The fourth-order valence-corrected chi connectivity index (χ4v) is 4.72. The van der Waals surface area contributed by atoms with E-state index in [1.807, 2.05) is 13.8 Å². The molecule has 4 bridgehead atoms. The zero-order chi connectivity index (χ0) is 12.9. The summed E-state index contributed by atoms with van der Waals surface area (Å²) in [6.45, 7) is 6.14. The molecule has 0 heterocycles. The fourth-order valence-electron chi connectivity index (χ4n) is 4.72. The van der Waals surface area contributed by atoms with Crippen LogP contribution in [0.15, 0.2) is 0 Å². The molecule has 2 nitrogen and oxygen atoms in total. The van der Waals surface area contributed by atoms with E-state index in [1.54, 1.807) is 0 Å². The molecule has 4 rings (SSSR count). The van der Waals surface area contributed by atoms with E-state index >= 15 is 0 Å². The van der Waals surface area contributed by atoms with E-state index < -0.39 is 0 Å². The van der Waals surface area contributed by atoms with Crippen LogP contribution in [-0.4, -0.2) is 11.6 Å². The zero-order valence-electron chi connectivity index (χ0n) is 12.9. The molecule has 0 unspecified atom stereocenters. The Morgan fingerprint density at radius 2 is 1.63 bits per heavy atom. The van der Waals surface area contributed by atoms with Gasteiger partial charge in [0.05, 0.1) is 0 Å². The van der Waals surface area contributed by atoms with Crippen LogP contribution in [0.3, 0.4) is 0 Å². The molecule has 0 saturated heterocycles. The SMILES string of the molecule is CC[C-](C)C(=O)OC1(C)C2CC3CC(C2)CC1C3.[Rb+]. The second kappa shape index (κ2) is 6.10. The molecule has 0 aromatic carbocycles. The maximum absolute atomic E-state index is 12.1. The van der Waals surface area contributed by atoms with Crippen molar-refractivity contribution in [2.45, 2.75) is 64.9 Å². The van der Waals surface area contributed by atoms with Crippen LogP contribution in [0.4, 0.5) is 0 Å². The Kier molecular flexibility index (Phi) is 5.30. The molecular formula is C16H25O2Rb. The van der Waals surface area contributed by atoms with Gasteiger partial charge in [-0.3, -0.25) is 10.7 Å². The molecule has 0 atom stereocenters. The summed E-state index contributed by atoms with van der Waals surface area (Å²) in [6, 6.07) is 0. The smallest absolute Gasteiger partial charge is 0.481 e. The van der Waals surface area contributed by atoms with Gasteiger partial charge in [-0.15, -0.1) is 0 Å². The Labute approximate surface area is 166 Å². The standard InChI is InChI=1S/C16H25O2.Rb/c1-4-10(2)15(17)18-16(3)13-6-11-5-12(8-13)9-14(16)7-11;/h11-14H,4-9H2,1-3H3;/q-1;+1. The monoisotopic (exact) mass is 334 g/mol. The Balaban J connectivity index is 0.00000133. The van der Waals surface area contributed by atoms with Gasteiger partial charge in [0.2, 0.25) is 0 Å². The largest absolute Gasteiger partial charge is 1.00 e. The molecular weight excluding hydrogens is 310 g/mol. The third-order valence-corrected chi connectivity index (χ3v) is 5.95. The molecule has 4 aliphatic carbocycles. The quantitative estimate of drug-likeness (QED) is 0.562. The number of ether oxygens (including phenoxy) is 1. The maximum atomic E-state index is 12.1. The minimum Gasteiger partial charge on any atom is -0.481 e. The van der Waals surface area contributed by atoms with Gasteiger partial charge in [-0.25, -0.2) is 0 Å². The molecule has 0 amide bonds. The van der Waals surface area contributed by atoms with Crippen molar-refractivity contribution in [2.75, 3.05) is 0 Å². The number of rotatable bonds is 3. The molecule has 0 N–H and O–H groups in total. The van der Waals surface area contributed by atoms with Crippen LogP contribution in [0, 0.1) is 29.6 Å². The third-order valence-electron chi connectivity index (χ3n) is 5.95. The van der Waals surface area contributed by atoms with Crippen LogP contribution < -0.4 is 58.2 Å². The molecule has 4 saturated carbocycles. The van der Waals surface area contributed by atoms with Gasteiger partial charge >= 0.3 is 58.2 Å². The first kappa shape index (κ1) is 16.5. The number of hydrogen-bond acceptors (Lipinski definition) is 2. The number of carbonyl (C=O) groups excluding carboxylic acids is 1. The van der Waals surface area contributed by atoms with Crippen molar-refractivity contribution in [1.82, 2.24) is 0 Å². The van der Waals surface area contributed by atoms with Gasteiger partial charge in [-0.1, -0.05) is 6.92 Å². The van der Waals surface area contributed by atoms with Crippen molar-refractivity contribution in [1.29, 1.82) is 0 Å². The molecule has 0 aromatic heterocycles. The summed E-state index contributed by atoms with van der Waals surface area (Å²) < 4.78 is 5.99. The molecule has 4 aliphatic rings. The van der Waals surface area contributed by atoms with Gasteiger partial charge in [0.1, 0.15) is 5.60 Å². The predicted octanol–water partition coefficient (Wildman–Crippen LogP) is 0.753. The Bertz CT molecular complexity index is 325. The summed E-state index contributed by atoms with van der Waals surface area (Å²) in [6.07, 6.45) is 7.42. The van der Waals surface area contributed by atoms with Crippen LogP contribution in [0.2, 0.25) is 0 Å². The van der Waals surface area contributed by atoms with Crippen molar-refractivity contribution in [3.8, 4) is 0 Å². The average molecular weight is 335 g/mol. The first-order chi connectivity index (χ1) is 8.53. The van der Waals surface area contributed by atoms with E-state index in [-0.39, 0.29) is 69.8 Å². The summed E-state index contributed by atoms with van der Waals surface area (Å²) in [4.78, 5) is 12.1. The second-order valence-electron chi connectivity index (χ2n) is 7.01. The van der Waals surface area contributed by atoms with Gasteiger partial charge in [-0.05, 0) is 62.7 Å². The molecule has 3 heteroatoms. The molecule has 102 valence electrons. The normalized spacial score (nSPS) is 42.7. The minimum atomic E-state index is -0.166. The molecule has 0 aromatic rings. The first-order valence-corrected chi connectivity index (χ1v) is 7.58. The van der Waals surface area contributed by atoms with Gasteiger partial charge in [0.15, 0.2) is 5.97 Å². The summed E-state index contributed by atoms with van der Waals surface area (Å²) in [5.41, 5.74) is -0.166. The van der Waals surface area contributed by atoms with Crippen molar-refractivity contribution < 1.29 is 67.7 Å². The Morgan fingerprint density at radius 3 is 2.05 bits per heavy atom. The molecule has 19 heavy (non-hydrogen) atoms. The van der Waals surface area contributed by atoms with Gasteiger partial charge in [0.25, 0.3) is 0 Å². The predicted molar refractivity (Wildman–Crippen MR) is 70.8 cm³/mol. The first-order valence-electron chi connectivity index (χ1n) is 7.58. The molecule has 0 radical (unpaired) electrons. The second-order valence-corrected chi connectivity index (χ2v) is 7.01. The van der Waals surface area contributed by atoms with Crippen molar-refractivity contribution >= 4 is 5.97 Å². The van der Waals surface area contributed by atoms with Gasteiger partial charge in [0, 0.05) is 0 Å². The molecule has 0 aliphatic heterocycles. The van der Waals surface area contributed by atoms with E-state index in [0.29, 0.717) is 11.8 Å². The third kappa shape index (κ3) is 2.89. The average Bonchev–Trinajstić information content (AvgIpc) is 2.34. The van der Waals surface area contributed by atoms with E-state index in [2.05, 4.69) is 6.92 Å². The zero-order valence-corrected chi connectivity index (χ0v) is 17.8. The fraction of sp³-hybridized carbons (Fsp3) is 0.875. The van der Waals surface area contributed by atoms with E-state index in [4.69, 9.17) is 4.74 Å². The van der Waals surface area contributed by atoms with Crippen LogP contribution in [0.25, 0.3) is 0 Å². The van der Waals surface area contributed by atoms with Crippen molar-refractivity contribution in [2.24, 2.45) is 23.7 Å². The number of hydrogen-bond donors (Lipinski definition) is 0. The van der Waals surface area contributed by atoms with Crippen LogP contribution in [0.5, 0.6) is 0 Å². The maximum Gasteiger partial charge on any atom is 1.00 e. The topological polar surface area (TPSA) is 26.3 Å². The minimum absolute atomic E-state index is 0. The number of esters is 1. The van der Waals surface area contributed by atoms with Crippen LogP contribution in [0.1, 0.15) is 59.3 Å². The van der Waals surface area contributed by atoms with Crippen molar-refractivity contribution in [3.63, 3.8) is 0 Å². The van der Waals surface area contributed by atoms with Gasteiger partial charge < -0.3 is 4.74 Å². The summed E-state index contributed by atoms with van der Waals surface area (Å²) in [5, 5.41) is 0. The Hall–Kier alpha value is 1.15. The summed E-state index contributed by atoms with van der Waals surface area (Å²) in [5.74, 6) is 3.92. The van der Waals surface area contributed by atoms with Crippen LogP contribution in [-0.2, 0) is 9.53 Å². The van der Waals surface area contributed by atoms with Crippen LogP contribution >= 0.6 is 0 Å².